The van der Waals surface area contributed by atoms with Crippen LogP contribution >= 0.6 is 0 Å². The molecule has 7 heteroatoms. The Bertz CT molecular complexity index is 1110. The van der Waals surface area contributed by atoms with E-state index in [0.29, 0.717) is 17.2 Å². The Morgan fingerprint density at radius 3 is 2.55 bits per heavy atom. The van der Waals surface area contributed by atoms with Crippen molar-refractivity contribution in [2.45, 2.75) is 13.8 Å². The number of rotatable bonds is 5. The Morgan fingerprint density at radius 2 is 1.83 bits per heavy atom. The number of ether oxygens (including phenoxy) is 4. The topological polar surface area (TPSA) is 78.9 Å². The number of benzene rings is 2. The van der Waals surface area contributed by atoms with E-state index in [1.54, 1.807) is 7.11 Å². The van der Waals surface area contributed by atoms with Gasteiger partial charge in [0, 0.05) is 18.1 Å². The SMILES string of the molecule is COCC(=O)Nc1cc2nc(-c3cc4c(cc3C)OCO4)cc(C)c2cc1OC. The summed E-state index contributed by atoms with van der Waals surface area (Å²) in [7, 11) is 3.04. The molecular weight excluding hydrogens is 372 g/mol. The van der Waals surface area contributed by atoms with Gasteiger partial charge in [-0.3, -0.25) is 4.79 Å². The van der Waals surface area contributed by atoms with Crippen LogP contribution in [0.5, 0.6) is 17.2 Å². The third kappa shape index (κ3) is 3.56. The Labute approximate surface area is 168 Å². The molecule has 0 fully saturated rings. The summed E-state index contributed by atoms with van der Waals surface area (Å²) in [6, 6.07) is 9.66. The van der Waals surface area contributed by atoms with Gasteiger partial charge >= 0.3 is 0 Å². The second kappa shape index (κ2) is 7.60. The number of hydrogen-bond donors (Lipinski definition) is 1. The van der Waals surface area contributed by atoms with Crippen molar-refractivity contribution in [3.63, 3.8) is 0 Å². The lowest BCUT2D eigenvalue weighted by Crippen LogP contribution is -2.17. The number of aromatic nitrogens is 1. The van der Waals surface area contributed by atoms with Crippen molar-refractivity contribution in [1.29, 1.82) is 0 Å². The van der Waals surface area contributed by atoms with Gasteiger partial charge < -0.3 is 24.3 Å². The van der Waals surface area contributed by atoms with E-state index >= 15 is 0 Å². The highest BCUT2D eigenvalue weighted by atomic mass is 16.7. The van der Waals surface area contributed by atoms with E-state index in [4.69, 9.17) is 23.9 Å². The zero-order valence-electron chi connectivity index (χ0n) is 16.8. The van der Waals surface area contributed by atoms with E-state index in [1.165, 1.54) is 7.11 Å². The van der Waals surface area contributed by atoms with Crippen molar-refractivity contribution in [3.8, 4) is 28.5 Å². The summed E-state index contributed by atoms with van der Waals surface area (Å²) in [4.78, 5) is 16.8. The van der Waals surface area contributed by atoms with Crippen molar-refractivity contribution < 1.29 is 23.7 Å². The molecule has 0 unspecified atom stereocenters. The molecule has 2 heterocycles. The molecule has 0 spiro atoms. The molecule has 1 N–H and O–H groups in total. The van der Waals surface area contributed by atoms with Crippen LogP contribution in [0.25, 0.3) is 22.2 Å². The number of carbonyl (C=O) groups excluding carboxylic acids is 1. The van der Waals surface area contributed by atoms with Crippen molar-refractivity contribution in [2.24, 2.45) is 0 Å². The number of anilines is 1. The third-order valence-corrected chi connectivity index (χ3v) is 4.88. The largest absolute Gasteiger partial charge is 0.495 e. The lowest BCUT2D eigenvalue weighted by molar-refractivity contribution is -0.119. The highest BCUT2D eigenvalue weighted by Gasteiger charge is 2.18. The molecule has 4 rings (SSSR count). The average Bonchev–Trinajstić information content (AvgIpc) is 3.14. The number of methoxy groups -OCH3 is 2. The molecule has 0 saturated carbocycles. The first-order valence-corrected chi connectivity index (χ1v) is 9.19. The summed E-state index contributed by atoms with van der Waals surface area (Å²) in [5.41, 5.74) is 5.20. The van der Waals surface area contributed by atoms with Crippen LogP contribution in [0.2, 0.25) is 0 Å². The highest BCUT2D eigenvalue weighted by molar-refractivity contribution is 5.97. The standard InChI is InChI=1S/C22H22N2O5/c1-12-5-16(15-8-21-20(6-13(15)2)28-11-29-21)23-17-9-18(24-22(25)10-26-3)19(27-4)7-14(12)17/h5-9H,10-11H2,1-4H3,(H,24,25). The van der Waals surface area contributed by atoms with E-state index in [9.17, 15) is 4.79 Å². The van der Waals surface area contributed by atoms with Crippen LogP contribution in [0, 0.1) is 13.8 Å². The van der Waals surface area contributed by atoms with E-state index in [-0.39, 0.29) is 19.3 Å². The fourth-order valence-corrected chi connectivity index (χ4v) is 3.46. The van der Waals surface area contributed by atoms with Gasteiger partial charge in [0.2, 0.25) is 12.7 Å². The van der Waals surface area contributed by atoms with Crippen molar-refractivity contribution in [1.82, 2.24) is 4.98 Å². The van der Waals surface area contributed by atoms with Crippen molar-refractivity contribution >= 4 is 22.5 Å². The van der Waals surface area contributed by atoms with E-state index in [1.807, 2.05) is 44.2 Å². The lowest BCUT2D eigenvalue weighted by atomic mass is 10.0. The molecule has 1 aliphatic rings. The predicted molar refractivity (Wildman–Crippen MR) is 110 cm³/mol. The Balaban J connectivity index is 1.83. The first-order valence-electron chi connectivity index (χ1n) is 9.19. The Kier molecular flexibility index (Phi) is 4.98. The van der Waals surface area contributed by atoms with Gasteiger partial charge in [-0.1, -0.05) is 0 Å². The van der Waals surface area contributed by atoms with Crippen molar-refractivity contribution in [2.75, 3.05) is 32.9 Å². The van der Waals surface area contributed by atoms with E-state index < -0.39 is 0 Å². The van der Waals surface area contributed by atoms with Gasteiger partial charge in [0.05, 0.1) is 24.0 Å². The quantitative estimate of drug-likeness (QED) is 0.708. The second-order valence-electron chi connectivity index (χ2n) is 6.90. The minimum atomic E-state index is -0.260. The smallest absolute Gasteiger partial charge is 0.250 e. The summed E-state index contributed by atoms with van der Waals surface area (Å²) < 4.78 is 21.3. The van der Waals surface area contributed by atoms with Crippen LogP contribution in [0.1, 0.15) is 11.1 Å². The monoisotopic (exact) mass is 394 g/mol. The van der Waals surface area contributed by atoms with Gasteiger partial charge in [-0.05, 0) is 55.3 Å². The van der Waals surface area contributed by atoms with Crippen molar-refractivity contribution in [3.05, 3.63) is 41.5 Å². The molecule has 29 heavy (non-hydrogen) atoms. The van der Waals surface area contributed by atoms with Gasteiger partial charge in [-0.15, -0.1) is 0 Å². The lowest BCUT2D eigenvalue weighted by Gasteiger charge is -2.14. The molecule has 0 radical (unpaired) electrons. The maximum atomic E-state index is 12.0. The molecule has 7 nitrogen and oxygen atoms in total. The minimum absolute atomic E-state index is 0.0376. The fraction of sp³-hybridized carbons (Fsp3) is 0.273. The Hall–Kier alpha value is -3.32. The molecule has 1 aliphatic heterocycles. The number of fused-ring (bicyclic) bond motifs is 2. The maximum Gasteiger partial charge on any atom is 0.250 e. The number of amides is 1. The van der Waals surface area contributed by atoms with Gasteiger partial charge in [0.15, 0.2) is 11.5 Å². The summed E-state index contributed by atoms with van der Waals surface area (Å²) in [6.07, 6.45) is 0. The minimum Gasteiger partial charge on any atom is -0.495 e. The number of carbonyl (C=O) groups is 1. The number of nitrogens with zero attached hydrogens (tertiary/aromatic N) is 1. The van der Waals surface area contributed by atoms with Crippen LogP contribution in [-0.2, 0) is 9.53 Å². The van der Waals surface area contributed by atoms with Crippen LogP contribution in [0.3, 0.4) is 0 Å². The summed E-state index contributed by atoms with van der Waals surface area (Å²) in [6.45, 7) is 4.23. The third-order valence-electron chi connectivity index (χ3n) is 4.88. The molecule has 2 aromatic carbocycles. The molecule has 150 valence electrons. The first-order chi connectivity index (χ1) is 14.0. The molecule has 0 saturated heterocycles. The van der Waals surface area contributed by atoms with Gasteiger partial charge in [0.1, 0.15) is 12.4 Å². The molecule has 1 aromatic heterocycles. The zero-order valence-corrected chi connectivity index (χ0v) is 16.8. The van der Waals surface area contributed by atoms with Crippen LogP contribution in [0.15, 0.2) is 30.3 Å². The van der Waals surface area contributed by atoms with Gasteiger partial charge in [-0.2, -0.15) is 0 Å². The highest BCUT2D eigenvalue weighted by Crippen LogP contribution is 2.39. The first kappa shape index (κ1) is 19.0. The van der Waals surface area contributed by atoms with Crippen LogP contribution in [0.4, 0.5) is 5.69 Å². The fourth-order valence-electron chi connectivity index (χ4n) is 3.46. The zero-order chi connectivity index (χ0) is 20.5. The number of pyridine rings is 1. The van der Waals surface area contributed by atoms with E-state index in [2.05, 4.69) is 5.32 Å². The second-order valence-corrected chi connectivity index (χ2v) is 6.90. The Morgan fingerprint density at radius 1 is 1.07 bits per heavy atom. The van der Waals surface area contributed by atoms with Gasteiger partial charge in [-0.25, -0.2) is 4.98 Å². The summed E-state index contributed by atoms with van der Waals surface area (Å²) in [5, 5.41) is 3.77. The molecule has 0 bridgehead atoms. The molecular formula is C22H22N2O5. The molecule has 1 amide bonds. The number of nitrogens with one attached hydrogen (secondary N) is 1. The predicted octanol–water partition coefficient (Wildman–Crippen LogP) is 3.84. The normalized spacial score (nSPS) is 12.3. The molecule has 3 aromatic rings. The summed E-state index contributed by atoms with van der Waals surface area (Å²) >= 11 is 0. The van der Waals surface area contributed by atoms with E-state index in [0.717, 1.165) is 39.0 Å². The number of hydrogen-bond acceptors (Lipinski definition) is 6. The van der Waals surface area contributed by atoms with Crippen LogP contribution < -0.4 is 19.5 Å². The maximum absolute atomic E-state index is 12.0. The number of aryl methyl sites for hydroxylation is 2. The van der Waals surface area contributed by atoms with Crippen LogP contribution in [-0.4, -0.2) is 38.5 Å². The molecule has 0 aliphatic carbocycles. The van der Waals surface area contributed by atoms with Gasteiger partial charge in [0.25, 0.3) is 0 Å². The average molecular weight is 394 g/mol. The summed E-state index contributed by atoms with van der Waals surface area (Å²) in [5.74, 6) is 1.77. The molecule has 0 atom stereocenters.